The predicted molar refractivity (Wildman–Crippen MR) is 196 cm³/mol. The van der Waals surface area contributed by atoms with Crippen molar-refractivity contribution < 1.29 is 37.5 Å². The van der Waals surface area contributed by atoms with Gasteiger partial charge in [-0.25, -0.2) is 9.88 Å². The van der Waals surface area contributed by atoms with Crippen LogP contribution in [0.25, 0.3) is 0 Å². The fourth-order valence-electron chi connectivity index (χ4n) is 9.03. The molecule has 1 saturated carbocycles. The second-order valence-electron chi connectivity index (χ2n) is 13.8. The molecule has 0 bridgehead atoms. The Morgan fingerprint density at radius 2 is 1.65 bits per heavy atom. The van der Waals surface area contributed by atoms with Crippen LogP contribution < -0.4 is 9.91 Å². The van der Waals surface area contributed by atoms with Crippen LogP contribution in [0.5, 0.6) is 5.75 Å². The normalized spacial score (nSPS) is 26.4. The number of anilines is 2. The minimum absolute atomic E-state index is 0.0338. The lowest BCUT2D eigenvalue weighted by Gasteiger charge is -2.50. The van der Waals surface area contributed by atoms with Gasteiger partial charge in [-0.1, -0.05) is 87.2 Å². The maximum absolute atomic E-state index is 15.3. The van der Waals surface area contributed by atoms with Crippen molar-refractivity contribution in [2.45, 2.75) is 30.4 Å². The lowest BCUT2D eigenvalue weighted by atomic mass is 9.49. The van der Waals surface area contributed by atoms with Crippen LogP contribution in [0.1, 0.15) is 35.6 Å². The van der Waals surface area contributed by atoms with Crippen LogP contribution in [-0.4, -0.2) is 45.8 Å². The molecular formula is C39H28BrCl2F3N4O5. The largest absolute Gasteiger partial charge is 0.508 e. The quantitative estimate of drug-likeness (QED) is 0.160. The Kier molecular flexibility index (Phi) is 8.70. The van der Waals surface area contributed by atoms with Crippen molar-refractivity contribution in [3.05, 3.63) is 128 Å². The third-order valence-electron chi connectivity index (χ3n) is 11.2. The number of hydrogen-bond donors (Lipinski definition) is 1. The first kappa shape index (κ1) is 36.3. The highest BCUT2D eigenvalue weighted by molar-refractivity contribution is 9.10. The minimum atomic E-state index is -4.82. The number of allylic oxidation sites excluding steroid dienone is 2. The van der Waals surface area contributed by atoms with E-state index in [9.17, 15) is 32.7 Å². The number of amides is 4. The molecule has 276 valence electrons. The Morgan fingerprint density at radius 3 is 2.35 bits per heavy atom. The number of hydrazine groups is 1. The van der Waals surface area contributed by atoms with Gasteiger partial charge in [0.1, 0.15) is 11.4 Å². The summed E-state index contributed by atoms with van der Waals surface area (Å²) in [5.74, 6) is -7.99. The van der Waals surface area contributed by atoms with Gasteiger partial charge in [-0.3, -0.25) is 24.2 Å². The average molecular weight is 840 g/mol. The molecule has 4 aromatic rings. The van der Waals surface area contributed by atoms with Crippen molar-refractivity contribution in [1.29, 1.82) is 0 Å². The van der Waals surface area contributed by atoms with E-state index in [0.29, 0.717) is 32.3 Å². The molecular weight excluding hydrogens is 812 g/mol. The summed E-state index contributed by atoms with van der Waals surface area (Å²) in [4.78, 5) is 63.7. The van der Waals surface area contributed by atoms with E-state index in [0.717, 1.165) is 21.0 Å². The monoisotopic (exact) mass is 838 g/mol. The van der Waals surface area contributed by atoms with E-state index in [-0.39, 0.29) is 29.3 Å². The Morgan fingerprint density at radius 1 is 0.907 bits per heavy atom. The van der Waals surface area contributed by atoms with Crippen LogP contribution in [0.4, 0.5) is 24.7 Å². The van der Waals surface area contributed by atoms with Crippen LogP contribution in [0.2, 0.25) is 10.0 Å². The summed E-state index contributed by atoms with van der Waals surface area (Å²) < 4.78 is 41.6. The zero-order chi connectivity index (χ0) is 38.4. The van der Waals surface area contributed by atoms with E-state index in [1.54, 1.807) is 60.7 Å². The molecule has 3 aromatic carbocycles. The minimum Gasteiger partial charge on any atom is -0.508 e. The van der Waals surface area contributed by atoms with E-state index in [2.05, 4.69) is 20.9 Å². The van der Waals surface area contributed by atoms with Crippen LogP contribution in [0.15, 0.2) is 101 Å². The highest BCUT2D eigenvalue weighted by atomic mass is 79.9. The van der Waals surface area contributed by atoms with E-state index in [4.69, 9.17) is 23.2 Å². The number of rotatable bonds is 5. The number of phenolic OH excluding ortho intramolecular Hbond substituents is 1. The van der Waals surface area contributed by atoms with E-state index in [1.165, 1.54) is 19.2 Å². The Labute approximate surface area is 325 Å². The summed E-state index contributed by atoms with van der Waals surface area (Å²) in [7, 11) is 1.24. The first-order chi connectivity index (χ1) is 25.7. The Bertz CT molecular complexity index is 2310. The van der Waals surface area contributed by atoms with Crippen LogP contribution in [-0.2, 0) is 30.8 Å². The second kappa shape index (κ2) is 13.0. The van der Waals surface area contributed by atoms with Crippen molar-refractivity contribution in [3.63, 3.8) is 0 Å². The highest BCUT2D eigenvalue weighted by Gasteiger charge is 2.70. The number of pyridine rings is 1. The number of carbonyl (C=O) groups excluding carboxylic acids is 4. The van der Waals surface area contributed by atoms with Gasteiger partial charge in [-0.15, -0.1) is 0 Å². The summed E-state index contributed by atoms with van der Waals surface area (Å²) in [5.41, 5.74) is -1.20. The summed E-state index contributed by atoms with van der Waals surface area (Å²) >= 11 is 16.2. The standard InChI is InChI=1S/C39H28BrCl2F3N4O5/c1-47(33-28(42)13-15-30(46-33)39(43,44)45)49-34(51)24-12-11-23-25(31(24)36(49)53)18-27-35(52)48(22-9-5-8-21(41)17-22)37(54)38(27,19-6-3-2-4-7-19)32(23)26-16-20(40)10-14-29(26)50/h2-11,13-17,24-25,27,31-32,50H,12,18H2,1H3. The fourth-order valence-corrected chi connectivity index (χ4v) is 9.83. The number of benzene rings is 3. The summed E-state index contributed by atoms with van der Waals surface area (Å²) in [5, 5.41) is 13.3. The number of halogens is 6. The molecule has 8 rings (SSSR count). The molecule has 0 radical (unpaired) electrons. The zero-order valence-corrected chi connectivity index (χ0v) is 31.2. The molecule has 1 N–H and O–H groups in total. The molecule has 1 aromatic heterocycles. The molecule has 6 atom stereocenters. The topological polar surface area (TPSA) is 111 Å². The molecule has 2 aliphatic carbocycles. The first-order valence-electron chi connectivity index (χ1n) is 16.9. The van der Waals surface area contributed by atoms with E-state index < -0.39 is 76.3 Å². The average Bonchev–Trinajstić information content (AvgIpc) is 3.53. The number of imide groups is 2. The van der Waals surface area contributed by atoms with Crippen molar-refractivity contribution in [1.82, 2.24) is 9.99 Å². The molecule has 0 spiro atoms. The number of nitrogens with zero attached hydrogens (tertiary/aromatic N) is 4. The first-order valence-corrected chi connectivity index (χ1v) is 18.4. The zero-order valence-electron chi connectivity index (χ0n) is 28.1. The molecule has 2 saturated heterocycles. The third kappa shape index (κ3) is 5.30. The molecule has 6 unspecified atom stereocenters. The Balaban J connectivity index is 1.31. The van der Waals surface area contributed by atoms with Gasteiger partial charge in [0.05, 0.1) is 33.9 Å². The van der Waals surface area contributed by atoms with Crippen molar-refractivity contribution >= 4 is 74.3 Å². The van der Waals surface area contributed by atoms with Crippen molar-refractivity contribution in [2.75, 3.05) is 17.0 Å². The number of phenols is 1. The second-order valence-corrected chi connectivity index (χ2v) is 15.6. The predicted octanol–water partition coefficient (Wildman–Crippen LogP) is 8.09. The van der Waals surface area contributed by atoms with Gasteiger partial charge in [0.15, 0.2) is 5.82 Å². The molecule has 4 aliphatic rings. The number of carbonyl (C=O) groups is 4. The van der Waals surface area contributed by atoms with Crippen LogP contribution >= 0.6 is 39.1 Å². The van der Waals surface area contributed by atoms with E-state index >= 15 is 4.79 Å². The smallest absolute Gasteiger partial charge is 0.433 e. The number of aromatic nitrogens is 1. The maximum Gasteiger partial charge on any atom is 0.433 e. The van der Waals surface area contributed by atoms with Crippen LogP contribution in [0, 0.1) is 23.7 Å². The fraction of sp³-hybridized carbons (Fsp3) is 0.256. The molecule has 9 nitrogen and oxygen atoms in total. The molecule has 15 heteroatoms. The summed E-state index contributed by atoms with van der Waals surface area (Å²) in [6, 6.07) is 21.7. The number of alkyl halides is 3. The van der Waals surface area contributed by atoms with Crippen LogP contribution in [0.3, 0.4) is 0 Å². The lowest BCUT2D eigenvalue weighted by molar-refractivity contribution is -0.141. The number of hydrogen-bond acceptors (Lipinski definition) is 7. The molecule has 4 amide bonds. The van der Waals surface area contributed by atoms with Gasteiger partial charge < -0.3 is 5.11 Å². The van der Waals surface area contributed by atoms with Gasteiger partial charge in [0, 0.05) is 28.0 Å². The Hall–Kier alpha value is -4.72. The molecule has 54 heavy (non-hydrogen) atoms. The van der Waals surface area contributed by atoms with Gasteiger partial charge in [-0.05, 0) is 72.9 Å². The highest BCUT2D eigenvalue weighted by Crippen LogP contribution is 2.65. The number of fused-ring (bicyclic) bond motifs is 4. The number of aromatic hydroxyl groups is 1. The van der Waals surface area contributed by atoms with Gasteiger partial charge in [0.2, 0.25) is 11.8 Å². The molecule has 2 aliphatic heterocycles. The van der Waals surface area contributed by atoms with Crippen molar-refractivity contribution in [2.24, 2.45) is 23.7 Å². The molecule has 3 heterocycles. The summed E-state index contributed by atoms with van der Waals surface area (Å²) in [6.45, 7) is 0. The van der Waals surface area contributed by atoms with Gasteiger partial charge >= 0.3 is 6.18 Å². The third-order valence-corrected chi connectivity index (χ3v) is 12.2. The van der Waals surface area contributed by atoms with Gasteiger partial charge in [0.25, 0.3) is 11.8 Å². The lowest BCUT2D eigenvalue weighted by Crippen LogP contribution is -2.53. The SMILES string of the molecule is CN(c1nc(C(F)(F)F)ccc1Cl)N1C(=O)C2CC=C3C(CC4C(=O)N(c5cccc(Cl)c5)C(=O)C4(c4ccccc4)C3c3cc(Br)ccc3O)C2C1=O. The van der Waals surface area contributed by atoms with E-state index in [1.807, 2.05) is 6.08 Å². The molecule has 3 fully saturated rings. The van der Waals surface area contributed by atoms with Crippen molar-refractivity contribution in [3.8, 4) is 5.75 Å². The van der Waals surface area contributed by atoms with Gasteiger partial charge in [-0.2, -0.15) is 18.2 Å². The maximum atomic E-state index is 15.3. The summed E-state index contributed by atoms with van der Waals surface area (Å²) in [6.07, 6.45) is -3.01.